The Hall–Kier alpha value is -3.60. The lowest BCUT2D eigenvalue weighted by atomic mass is 9.96. The second kappa shape index (κ2) is 9.69. The van der Waals surface area contributed by atoms with Gasteiger partial charge in [-0.1, -0.05) is 78.8 Å². The van der Waals surface area contributed by atoms with Crippen LogP contribution in [0.25, 0.3) is 11.1 Å². The third kappa shape index (κ3) is 4.83. The minimum absolute atomic E-state index is 0.305. The van der Waals surface area contributed by atoms with Crippen LogP contribution in [0.5, 0.6) is 5.75 Å². The molecular formula is C27H27NO4. The van der Waals surface area contributed by atoms with Crippen molar-refractivity contribution in [1.29, 1.82) is 0 Å². The van der Waals surface area contributed by atoms with Gasteiger partial charge in [-0.3, -0.25) is 4.79 Å². The highest BCUT2D eigenvalue weighted by Crippen LogP contribution is 2.49. The molecule has 4 rings (SSSR count). The average molecular weight is 430 g/mol. The number of ether oxygens (including phenoxy) is 1. The van der Waals surface area contributed by atoms with Crippen molar-refractivity contribution >= 4 is 11.7 Å². The number of hydrogen-bond acceptors (Lipinski definition) is 4. The quantitative estimate of drug-likeness (QED) is 0.256. The van der Waals surface area contributed by atoms with Gasteiger partial charge in [0.05, 0.1) is 11.1 Å². The Labute approximate surface area is 188 Å². The van der Waals surface area contributed by atoms with Crippen molar-refractivity contribution in [2.45, 2.75) is 31.6 Å². The van der Waals surface area contributed by atoms with Crippen molar-refractivity contribution in [2.24, 2.45) is 5.16 Å². The molecular weight excluding hydrogens is 402 g/mol. The summed E-state index contributed by atoms with van der Waals surface area (Å²) in [7, 11) is 0. The molecule has 164 valence electrons. The summed E-state index contributed by atoms with van der Waals surface area (Å²) in [5.41, 5.74) is 4.33. The van der Waals surface area contributed by atoms with Gasteiger partial charge in [0.25, 0.3) is 0 Å². The zero-order chi connectivity index (χ0) is 22.4. The average Bonchev–Trinajstić information content (AvgIpc) is 3.65. The van der Waals surface area contributed by atoms with Crippen molar-refractivity contribution in [3.8, 4) is 16.9 Å². The topological polar surface area (TPSA) is 68.1 Å². The predicted octanol–water partition coefficient (Wildman–Crippen LogP) is 5.68. The molecule has 32 heavy (non-hydrogen) atoms. The number of aliphatic carboxylic acids is 1. The Kier molecular flexibility index (Phi) is 6.55. The fourth-order valence-electron chi connectivity index (χ4n) is 3.76. The number of nitrogens with zero attached hydrogens (tertiary/aromatic N) is 1. The summed E-state index contributed by atoms with van der Waals surface area (Å²) in [5, 5.41) is 13.8. The van der Waals surface area contributed by atoms with Gasteiger partial charge in [-0.05, 0) is 53.6 Å². The summed E-state index contributed by atoms with van der Waals surface area (Å²) in [4.78, 5) is 17.0. The lowest BCUT2D eigenvalue weighted by molar-refractivity contribution is -0.140. The summed E-state index contributed by atoms with van der Waals surface area (Å²) >= 11 is 0. The van der Waals surface area contributed by atoms with E-state index in [4.69, 9.17) is 9.57 Å². The third-order valence-corrected chi connectivity index (χ3v) is 5.82. The van der Waals surface area contributed by atoms with E-state index in [-0.39, 0.29) is 0 Å². The second-order valence-corrected chi connectivity index (χ2v) is 7.93. The van der Waals surface area contributed by atoms with Crippen LogP contribution < -0.4 is 4.74 Å². The lowest BCUT2D eigenvalue weighted by Crippen LogP contribution is -2.19. The first-order valence-electron chi connectivity index (χ1n) is 10.9. The monoisotopic (exact) mass is 429 g/mol. The molecule has 3 aromatic carbocycles. The van der Waals surface area contributed by atoms with Crippen LogP contribution in [0.2, 0.25) is 0 Å². The number of carboxylic acid groups (broad SMARTS) is 1. The number of rotatable bonds is 10. The lowest BCUT2D eigenvalue weighted by Gasteiger charge is -2.12. The molecule has 0 heterocycles. The zero-order valence-corrected chi connectivity index (χ0v) is 18.2. The SMILES string of the molecule is CCC(=NOCCOc1cccc(C2(C(=O)O)CC2)c1)c1ccc(-c2ccccc2)cc1. The van der Waals surface area contributed by atoms with Gasteiger partial charge in [0.2, 0.25) is 0 Å². The fraction of sp³-hybridized carbons (Fsp3) is 0.259. The van der Waals surface area contributed by atoms with Crippen LogP contribution in [0.1, 0.15) is 37.3 Å². The Morgan fingerprint density at radius 3 is 2.31 bits per heavy atom. The fourth-order valence-corrected chi connectivity index (χ4v) is 3.76. The molecule has 3 aromatic rings. The van der Waals surface area contributed by atoms with Crippen molar-refractivity contribution in [1.82, 2.24) is 0 Å². The molecule has 0 amide bonds. The van der Waals surface area contributed by atoms with Gasteiger partial charge >= 0.3 is 5.97 Å². The van der Waals surface area contributed by atoms with E-state index >= 15 is 0 Å². The van der Waals surface area contributed by atoms with Gasteiger partial charge in [-0.15, -0.1) is 0 Å². The Balaban J connectivity index is 1.30. The largest absolute Gasteiger partial charge is 0.490 e. The van der Waals surface area contributed by atoms with Gasteiger partial charge < -0.3 is 14.7 Å². The van der Waals surface area contributed by atoms with Gasteiger partial charge in [0.1, 0.15) is 12.4 Å². The van der Waals surface area contributed by atoms with Crippen molar-refractivity contribution in [3.63, 3.8) is 0 Å². The highest BCUT2D eigenvalue weighted by Gasteiger charge is 2.51. The van der Waals surface area contributed by atoms with Crippen LogP contribution in [0.15, 0.2) is 84.0 Å². The van der Waals surface area contributed by atoms with Crippen LogP contribution in [0.3, 0.4) is 0 Å². The summed E-state index contributed by atoms with van der Waals surface area (Å²) in [6, 6.07) is 25.9. The van der Waals surface area contributed by atoms with Crippen molar-refractivity contribution in [2.75, 3.05) is 13.2 Å². The standard InChI is InChI=1S/C27H27NO4/c1-2-25(22-13-11-21(12-14-22)20-7-4-3-5-8-20)28-32-18-17-31-24-10-6-9-23(19-24)27(15-16-27)26(29)30/h3-14,19H,2,15-18H2,1H3,(H,29,30). The van der Waals surface area contributed by atoms with E-state index in [0.717, 1.165) is 28.8 Å². The van der Waals surface area contributed by atoms with Crippen LogP contribution in [0, 0.1) is 0 Å². The molecule has 5 nitrogen and oxygen atoms in total. The first-order valence-corrected chi connectivity index (χ1v) is 10.9. The maximum absolute atomic E-state index is 11.5. The van der Waals surface area contributed by atoms with E-state index in [1.165, 1.54) is 5.56 Å². The Morgan fingerprint density at radius 2 is 1.66 bits per heavy atom. The summed E-state index contributed by atoms with van der Waals surface area (Å²) in [6.45, 7) is 2.68. The highest BCUT2D eigenvalue weighted by molar-refractivity contribution is 6.00. The molecule has 0 aliphatic heterocycles. The Morgan fingerprint density at radius 1 is 0.938 bits per heavy atom. The summed E-state index contributed by atoms with van der Waals surface area (Å²) in [6.07, 6.45) is 2.11. The predicted molar refractivity (Wildman–Crippen MR) is 125 cm³/mol. The molecule has 0 saturated heterocycles. The van der Waals surface area contributed by atoms with Gasteiger partial charge in [-0.25, -0.2) is 0 Å². The highest BCUT2D eigenvalue weighted by atomic mass is 16.6. The molecule has 0 atom stereocenters. The van der Waals surface area contributed by atoms with Crippen LogP contribution in [0.4, 0.5) is 0 Å². The molecule has 1 N–H and O–H groups in total. The first kappa shape index (κ1) is 21.6. The van der Waals surface area contributed by atoms with Crippen molar-refractivity contribution < 1.29 is 19.5 Å². The van der Waals surface area contributed by atoms with Crippen LogP contribution >= 0.6 is 0 Å². The van der Waals surface area contributed by atoms with Crippen molar-refractivity contribution in [3.05, 3.63) is 90.0 Å². The maximum atomic E-state index is 11.5. The van der Waals surface area contributed by atoms with Gasteiger partial charge in [-0.2, -0.15) is 0 Å². The summed E-state index contributed by atoms with van der Waals surface area (Å²) in [5.74, 6) is -0.119. The molecule has 0 bridgehead atoms. The molecule has 0 unspecified atom stereocenters. The van der Waals surface area contributed by atoms with E-state index in [2.05, 4.69) is 41.6 Å². The number of carbonyl (C=O) groups is 1. The number of carboxylic acids is 1. The normalized spacial score (nSPS) is 14.6. The van der Waals surface area contributed by atoms with E-state index in [1.807, 2.05) is 49.4 Å². The molecule has 0 spiro atoms. The van der Waals surface area contributed by atoms with Crippen LogP contribution in [-0.4, -0.2) is 30.0 Å². The maximum Gasteiger partial charge on any atom is 0.314 e. The van der Waals surface area contributed by atoms with E-state index in [0.29, 0.717) is 31.8 Å². The van der Waals surface area contributed by atoms with E-state index in [9.17, 15) is 9.90 Å². The molecule has 1 aliphatic carbocycles. The minimum Gasteiger partial charge on any atom is -0.490 e. The van der Waals surface area contributed by atoms with Crippen LogP contribution in [-0.2, 0) is 15.0 Å². The van der Waals surface area contributed by atoms with Gasteiger partial charge in [0.15, 0.2) is 6.61 Å². The summed E-state index contributed by atoms with van der Waals surface area (Å²) < 4.78 is 5.75. The first-order chi connectivity index (χ1) is 15.6. The van der Waals surface area contributed by atoms with E-state index in [1.54, 1.807) is 0 Å². The number of benzene rings is 3. The zero-order valence-electron chi connectivity index (χ0n) is 18.2. The van der Waals surface area contributed by atoms with E-state index < -0.39 is 11.4 Å². The Bertz CT molecular complexity index is 1090. The number of hydrogen-bond donors (Lipinski definition) is 1. The minimum atomic E-state index is -0.767. The molecule has 0 radical (unpaired) electrons. The smallest absolute Gasteiger partial charge is 0.314 e. The molecule has 1 aliphatic rings. The molecule has 1 fully saturated rings. The molecule has 5 heteroatoms. The molecule has 1 saturated carbocycles. The van der Waals surface area contributed by atoms with Gasteiger partial charge in [0, 0.05) is 0 Å². The number of oxime groups is 1. The third-order valence-electron chi connectivity index (χ3n) is 5.82. The molecule has 0 aromatic heterocycles. The second-order valence-electron chi connectivity index (χ2n) is 7.93.